The fourth-order valence-corrected chi connectivity index (χ4v) is 5.06. The molecule has 1 fully saturated rings. The molecule has 5 nitrogen and oxygen atoms in total. The largest absolute Gasteiger partial charge is 0.456 e. The summed E-state index contributed by atoms with van der Waals surface area (Å²) >= 11 is 2.00. The average Bonchev–Trinajstić information content (AvgIpc) is 2.82. The van der Waals surface area contributed by atoms with Crippen molar-refractivity contribution in [3.8, 4) is 11.5 Å². The highest BCUT2D eigenvalue weighted by Crippen LogP contribution is 2.31. The first-order valence-electron chi connectivity index (χ1n) is 12.2. The number of halogens is 3. The highest BCUT2D eigenvalue weighted by Gasteiger charge is 2.21. The van der Waals surface area contributed by atoms with Crippen molar-refractivity contribution in [3.05, 3.63) is 92.1 Å². The van der Waals surface area contributed by atoms with Gasteiger partial charge in [0.1, 0.15) is 23.1 Å². The summed E-state index contributed by atoms with van der Waals surface area (Å²) in [5.74, 6) is -0.802. The molecule has 0 atom stereocenters. The fourth-order valence-electron chi connectivity index (χ4n) is 4.60. The Labute approximate surface area is 229 Å². The van der Waals surface area contributed by atoms with Gasteiger partial charge in [0.25, 0.3) is 5.91 Å². The van der Waals surface area contributed by atoms with E-state index in [9.17, 15) is 18.4 Å². The molecule has 4 rings (SSSR count). The summed E-state index contributed by atoms with van der Waals surface area (Å²) in [4.78, 5) is 27.2. The van der Waals surface area contributed by atoms with Crippen LogP contribution in [0, 0.1) is 21.1 Å². The van der Waals surface area contributed by atoms with Crippen LogP contribution in [-0.2, 0) is 17.6 Å². The summed E-state index contributed by atoms with van der Waals surface area (Å²) in [7, 11) is 0. The van der Waals surface area contributed by atoms with Crippen LogP contribution in [0.4, 0.5) is 8.78 Å². The molecular weight excluding hydrogens is 589 g/mol. The van der Waals surface area contributed by atoms with Crippen molar-refractivity contribution in [2.45, 2.75) is 32.6 Å². The molecule has 37 heavy (non-hydrogen) atoms. The van der Waals surface area contributed by atoms with Crippen LogP contribution in [-0.4, -0.2) is 36.2 Å². The van der Waals surface area contributed by atoms with Crippen molar-refractivity contribution in [2.24, 2.45) is 11.7 Å². The van der Waals surface area contributed by atoms with Gasteiger partial charge in [-0.05, 0) is 101 Å². The van der Waals surface area contributed by atoms with E-state index in [1.807, 2.05) is 28.7 Å². The molecule has 0 unspecified atom stereocenters. The molecule has 3 aromatic carbocycles. The molecular formula is C29H29F2IN2O3. The van der Waals surface area contributed by atoms with E-state index < -0.39 is 17.5 Å². The van der Waals surface area contributed by atoms with Crippen LogP contribution < -0.4 is 10.5 Å². The van der Waals surface area contributed by atoms with Gasteiger partial charge in [0.05, 0.1) is 12.1 Å². The first kappa shape index (κ1) is 27.2. The number of carbonyl (C=O) groups excluding carboxylic acids is 2. The van der Waals surface area contributed by atoms with Gasteiger partial charge in [0.2, 0.25) is 0 Å². The Morgan fingerprint density at radius 2 is 1.81 bits per heavy atom. The van der Waals surface area contributed by atoms with E-state index >= 15 is 0 Å². The number of primary amides is 1. The fraction of sp³-hybridized carbons (Fsp3) is 0.310. The van der Waals surface area contributed by atoms with Crippen molar-refractivity contribution in [1.29, 1.82) is 0 Å². The summed E-state index contributed by atoms with van der Waals surface area (Å²) in [5, 5.41) is 0. The number of ketones is 1. The Hall–Kier alpha value is -2.85. The maximum Gasteiger partial charge on any atom is 0.252 e. The highest BCUT2D eigenvalue weighted by molar-refractivity contribution is 14.1. The quantitative estimate of drug-likeness (QED) is 0.304. The predicted molar refractivity (Wildman–Crippen MR) is 147 cm³/mol. The van der Waals surface area contributed by atoms with Gasteiger partial charge in [0, 0.05) is 22.5 Å². The number of benzene rings is 3. The zero-order chi connectivity index (χ0) is 26.5. The van der Waals surface area contributed by atoms with Gasteiger partial charge in [-0.15, -0.1) is 0 Å². The normalized spacial score (nSPS) is 14.5. The van der Waals surface area contributed by atoms with Crippen LogP contribution in [0.2, 0.25) is 0 Å². The lowest BCUT2D eigenvalue weighted by Crippen LogP contribution is -2.37. The van der Waals surface area contributed by atoms with Crippen LogP contribution in [0.5, 0.6) is 11.5 Å². The molecule has 8 heteroatoms. The van der Waals surface area contributed by atoms with Crippen molar-refractivity contribution in [2.75, 3.05) is 19.6 Å². The maximum absolute atomic E-state index is 14.6. The second kappa shape index (κ2) is 12.1. The molecule has 2 N–H and O–H groups in total. The number of amides is 1. The number of ether oxygens (including phenoxy) is 1. The molecule has 0 aliphatic carbocycles. The van der Waals surface area contributed by atoms with Crippen LogP contribution in [0.3, 0.4) is 0 Å². The molecule has 1 aliphatic heterocycles. The van der Waals surface area contributed by atoms with E-state index in [0.717, 1.165) is 41.1 Å². The number of hydrogen-bond acceptors (Lipinski definition) is 4. The van der Waals surface area contributed by atoms with E-state index in [-0.39, 0.29) is 35.5 Å². The molecule has 0 bridgehead atoms. The van der Waals surface area contributed by atoms with Crippen LogP contribution >= 0.6 is 22.6 Å². The molecule has 1 saturated heterocycles. The third-order valence-corrected chi connectivity index (χ3v) is 7.27. The van der Waals surface area contributed by atoms with Gasteiger partial charge in [-0.1, -0.05) is 25.1 Å². The molecule has 0 saturated carbocycles. The van der Waals surface area contributed by atoms with E-state index in [0.29, 0.717) is 23.8 Å². The molecule has 1 aliphatic rings. The van der Waals surface area contributed by atoms with Crippen molar-refractivity contribution in [1.82, 2.24) is 4.90 Å². The average molecular weight is 618 g/mol. The number of hydrogen-bond donors (Lipinski definition) is 1. The second-order valence-corrected chi connectivity index (χ2v) is 10.9. The number of nitrogens with zero attached hydrogens (tertiary/aromatic N) is 1. The van der Waals surface area contributed by atoms with Crippen LogP contribution in [0.25, 0.3) is 0 Å². The van der Waals surface area contributed by atoms with Crippen molar-refractivity contribution < 1.29 is 23.1 Å². The third kappa shape index (κ3) is 7.35. The molecule has 3 aromatic rings. The summed E-state index contributed by atoms with van der Waals surface area (Å²) in [5.41, 5.74) is 6.92. The second-order valence-electron chi connectivity index (χ2n) is 9.64. The molecule has 0 radical (unpaired) electrons. The number of piperidine rings is 1. The minimum atomic E-state index is -0.807. The smallest absolute Gasteiger partial charge is 0.252 e. The van der Waals surface area contributed by atoms with Crippen LogP contribution in [0.1, 0.15) is 46.8 Å². The first-order chi connectivity index (χ1) is 17.7. The monoisotopic (exact) mass is 618 g/mol. The predicted octanol–water partition coefficient (Wildman–Crippen LogP) is 5.89. The van der Waals surface area contributed by atoms with E-state index in [4.69, 9.17) is 10.5 Å². The SMILES string of the molecule is CC1CCN(CC(=O)Cc2cccc(Oc3cc(F)cc(Cc4ccc(I)cc4F)c3C(N)=O)c2)CC1. The number of likely N-dealkylation sites (tertiary alicyclic amines) is 1. The van der Waals surface area contributed by atoms with E-state index in [1.165, 1.54) is 12.1 Å². The lowest BCUT2D eigenvalue weighted by molar-refractivity contribution is -0.119. The zero-order valence-electron chi connectivity index (χ0n) is 20.6. The summed E-state index contributed by atoms with van der Waals surface area (Å²) in [6.07, 6.45) is 2.42. The Kier molecular flexibility index (Phi) is 8.91. The number of rotatable bonds is 9. The lowest BCUT2D eigenvalue weighted by Gasteiger charge is -2.29. The molecule has 194 valence electrons. The van der Waals surface area contributed by atoms with Crippen molar-refractivity contribution >= 4 is 34.3 Å². The Bertz CT molecular complexity index is 1310. The van der Waals surface area contributed by atoms with Gasteiger partial charge < -0.3 is 10.5 Å². The molecule has 0 aromatic heterocycles. The highest BCUT2D eigenvalue weighted by atomic mass is 127. The summed E-state index contributed by atoms with van der Waals surface area (Å²) < 4.78 is 35.6. The number of carbonyl (C=O) groups is 2. The summed E-state index contributed by atoms with van der Waals surface area (Å²) in [6, 6.07) is 13.9. The standard InChI is InChI=1S/C29H29F2IN2O3/c1-18-7-9-34(10-8-18)17-24(35)11-19-3-2-4-25(12-19)37-27-15-22(30)14-21(28(27)29(33)36)13-20-5-6-23(32)16-26(20)31/h2-6,12,14-16,18H,7-11,13,17H2,1H3,(H2,33,36). The van der Waals surface area contributed by atoms with E-state index in [1.54, 1.807) is 30.3 Å². The van der Waals surface area contributed by atoms with Crippen LogP contribution in [0.15, 0.2) is 54.6 Å². The Balaban J connectivity index is 1.53. The van der Waals surface area contributed by atoms with Gasteiger partial charge >= 0.3 is 0 Å². The zero-order valence-corrected chi connectivity index (χ0v) is 22.8. The molecule has 1 heterocycles. The molecule has 1 amide bonds. The van der Waals surface area contributed by atoms with Gasteiger partial charge in [-0.2, -0.15) is 0 Å². The van der Waals surface area contributed by atoms with Crippen molar-refractivity contribution in [3.63, 3.8) is 0 Å². The van der Waals surface area contributed by atoms with Gasteiger partial charge in [-0.3, -0.25) is 14.5 Å². The van der Waals surface area contributed by atoms with Gasteiger partial charge in [0.15, 0.2) is 5.78 Å². The summed E-state index contributed by atoms with van der Waals surface area (Å²) in [6.45, 7) is 4.50. The topological polar surface area (TPSA) is 72.6 Å². The number of Topliss-reactive ketones (excluding diaryl/α,β-unsaturated/α-hetero) is 1. The minimum Gasteiger partial charge on any atom is -0.456 e. The minimum absolute atomic E-state index is 0.0137. The Morgan fingerprint density at radius 3 is 2.51 bits per heavy atom. The number of nitrogens with two attached hydrogens (primary N) is 1. The third-order valence-electron chi connectivity index (χ3n) is 6.59. The Morgan fingerprint density at radius 1 is 1.05 bits per heavy atom. The molecule has 0 spiro atoms. The van der Waals surface area contributed by atoms with E-state index in [2.05, 4.69) is 11.8 Å². The first-order valence-corrected chi connectivity index (χ1v) is 13.3. The van der Waals surface area contributed by atoms with Gasteiger partial charge in [-0.25, -0.2) is 8.78 Å². The lowest BCUT2D eigenvalue weighted by atomic mass is 9.98. The maximum atomic E-state index is 14.6.